The number of benzene rings is 2. The van der Waals surface area contributed by atoms with E-state index in [2.05, 4.69) is 26.5 Å². The molecule has 3 rings (SSSR count). The zero-order valence-corrected chi connectivity index (χ0v) is 16.9. The first kappa shape index (κ1) is 19.5. The van der Waals surface area contributed by atoms with E-state index in [1.54, 1.807) is 18.2 Å². The SMILES string of the molecule is O=C(COc1ccc(Cl)cc1Cl)NN=Cc1ccc(-c2cccc(Br)c2)o1. The van der Waals surface area contributed by atoms with Gasteiger partial charge >= 0.3 is 0 Å². The van der Waals surface area contributed by atoms with Crippen molar-refractivity contribution in [1.29, 1.82) is 0 Å². The van der Waals surface area contributed by atoms with Crippen molar-refractivity contribution in [3.05, 3.63) is 74.9 Å². The highest BCUT2D eigenvalue weighted by atomic mass is 79.9. The van der Waals surface area contributed by atoms with Crippen LogP contribution in [0.3, 0.4) is 0 Å². The number of carbonyl (C=O) groups is 1. The Morgan fingerprint density at radius 1 is 1.19 bits per heavy atom. The highest BCUT2D eigenvalue weighted by molar-refractivity contribution is 9.10. The van der Waals surface area contributed by atoms with Gasteiger partial charge in [-0.3, -0.25) is 4.79 Å². The third-order valence-electron chi connectivity index (χ3n) is 3.37. The van der Waals surface area contributed by atoms with Gasteiger partial charge in [0.15, 0.2) is 6.61 Å². The molecule has 0 aliphatic carbocycles. The van der Waals surface area contributed by atoms with Gasteiger partial charge in [0.25, 0.3) is 5.91 Å². The fourth-order valence-corrected chi connectivity index (χ4v) is 3.02. The molecule has 1 heterocycles. The highest BCUT2D eigenvalue weighted by Crippen LogP contribution is 2.27. The molecule has 0 radical (unpaired) electrons. The van der Waals surface area contributed by atoms with Crippen LogP contribution < -0.4 is 10.2 Å². The van der Waals surface area contributed by atoms with Gasteiger partial charge in [-0.2, -0.15) is 5.10 Å². The van der Waals surface area contributed by atoms with Gasteiger partial charge in [-0.15, -0.1) is 0 Å². The fourth-order valence-electron chi connectivity index (χ4n) is 2.15. The Hall–Kier alpha value is -2.28. The standard InChI is InChI=1S/C19H13BrCl2N2O3/c20-13-3-1-2-12(8-13)17-7-5-15(27-17)10-23-24-19(25)11-26-18-6-4-14(21)9-16(18)22/h1-10H,11H2,(H,24,25). The van der Waals surface area contributed by atoms with Crippen LogP contribution in [0.1, 0.15) is 5.76 Å². The summed E-state index contributed by atoms with van der Waals surface area (Å²) in [6, 6.07) is 16.1. The number of amides is 1. The smallest absolute Gasteiger partial charge is 0.277 e. The lowest BCUT2D eigenvalue weighted by molar-refractivity contribution is -0.123. The lowest BCUT2D eigenvalue weighted by Gasteiger charge is -2.06. The Kier molecular flexibility index (Phi) is 6.55. The van der Waals surface area contributed by atoms with Gasteiger partial charge in [-0.25, -0.2) is 5.43 Å². The van der Waals surface area contributed by atoms with Crippen molar-refractivity contribution >= 4 is 51.3 Å². The molecule has 0 unspecified atom stereocenters. The maximum Gasteiger partial charge on any atom is 0.277 e. The number of carbonyl (C=O) groups excluding carboxylic acids is 1. The van der Waals surface area contributed by atoms with Crippen molar-refractivity contribution in [3.63, 3.8) is 0 Å². The van der Waals surface area contributed by atoms with E-state index in [9.17, 15) is 4.79 Å². The molecule has 0 aliphatic heterocycles. The van der Waals surface area contributed by atoms with E-state index >= 15 is 0 Å². The summed E-state index contributed by atoms with van der Waals surface area (Å²) >= 11 is 15.2. The van der Waals surface area contributed by atoms with Gasteiger partial charge in [-0.05, 0) is 42.5 Å². The van der Waals surface area contributed by atoms with E-state index in [4.69, 9.17) is 32.4 Å². The summed E-state index contributed by atoms with van der Waals surface area (Å²) in [7, 11) is 0. The van der Waals surface area contributed by atoms with Crippen molar-refractivity contribution < 1.29 is 13.9 Å². The summed E-state index contributed by atoms with van der Waals surface area (Å²) in [5, 5.41) is 4.67. The minimum atomic E-state index is -0.434. The Morgan fingerprint density at radius 3 is 2.81 bits per heavy atom. The molecule has 1 aromatic heterocycles. The Balaban J connectivity index is 1.52. The molecule has 0 aliphatic rings. The summed E-state index contributed by atoms with van der Waals surface area (Å²) in [5.74, 6) is 1.14. The number of furan rings is 1. The summed E-state index contributed by atoms with van der Waals surface area (Å²) in [4.78, 5) is 11.8. The zero-order chi connectivity index (χ0) is 19.2. The number of hydrazone groups is 1. The largest absolute Gasteiger partial charge is 0.482 e. The number of hydrogen-bond donors (Lipinski definition) is 1. The normalized spacial score (nSPS) is 10.9. The predicted octanol–water partition coefficient (Wildman–Crippen LogP) is 5.55. The second-order valence-corrected chi connectivity index (χ2v) is 7.13. The summed E-state index contributed by atoms with van der Waals surface area (Å²) in [5.41, 5.74) is 3.29. The molecular weight excluding hydrogens is 455 g/mol. The fraction of sp³-hybridized carbons (Fsp3) is 0.0526. The highest BCUT2D eigenvalue weighted by Gasteiger charge is 2.07. The third-order valence-corrected chi connectivity index (χ3v) is 4.39. The van der Waals surface area contributed by atoms with Crippen LogP contribution in [0.5, 0.6) is 5.75 Å². The van der Waals surface area contributed by atoms with Gasteiger partial charge < -0.3 is 9.15 Å². The lowest BCUT2D eigenvalue weighted by atomic mass is 10.2. The predicted molar refractivity (Wildman–Crippen MR) is 110 cm³/mol. The van der Waals surface area contributed by atoms with E-state index in [-0.39, 0.29) is 6.61 Å². The molecule has 0 saturated heterocycles. The van der Waals surface area contributed by atoms with E-state index in [0.29, 0.717) is 27.3 Å². The topological polar surface area (TPSA) is 63.8 Å². The molecule has 1 amide bonds. The first-order chi connectivity index (χ1) is 13.0. The van der Waals surface area contributed by atoms with Crippen LogP contribution in [0, 0.1) is 0 Å². The quantitative estimate of drug-likeness (QED) is 0.382. The minimum Gasteiger partial charge on any atom is -0.482 e. The molecule has 3 aromatic rings. The number of hydrogen-bond acceptors (Lipinski definition) is 4. The van der Waals surface area contributed by atoms with E-state index in [1.807, 2.05) is 30.3 Å². The number of nitrogens with one attached hydrogen (secondary N) is 1. The van der Waals surface area contributed by atoms with E-state index < -0.39 is 5.91 Å². The van der Waals surface area contributed by atoms with Crippen molar-refractivity contribution in [2.75, 3.05) is 6.61 Å². The number of halogens is 3. The molecular formula is C19H13BrCl2N2O3. The minimum absolute atomic E-state index is 0.236. The van der Waals surface area contributed by atoms with Crippen LogP contribution in [0.25, 0.3) is 11.3 Å². The molecule has 0 bridgehead atoms. The van der Waals surface area contributed by atoms with Crippen LogP contribution in [0.15, 0.2) is 68.6 Å². The van der Waals surface area contributed by atoms with Gasteiger partial charge in [-0.1, -0.05) is 51.3 Å². The van der Waals surface area contributed by atoms with Crippen LogP contribution >= 0.6 is 39.1 Å². The number of ether oxygens (including phenoxy) is 1. The molecule has 0 saturated carbocycles. The molecule has 27 heavy (non-hydrogen) atoms. The number of nitrogens with zero attached hydrogens (tertiary/aromatic N) is 1. The van der Waals surface area contributed by atoms with E-state index in [1.165, 1.54) is 12.3 Å². The monoisotopic (exact) mass is 466 g/mol. The first-order valence-corrected chi connectivity index (χ1v) is 9.32. The molecule has 8 heteroatoms. The average molecular weight is 468 g/mol. The number of rotatable bonds is 6. The van der Waals surface area contributed by atoms with Gasteiger partial charge in [0.1, 0.15) is 17.3 Å². The third kappa shape index (κ3) is 5.60. The summed E-state index contributed by atoms with van der Waals surface area (Å²) in [6.07, 6.45) is 1.41. The second-order valence-electron chi connectivity index (χ2n) is 5.37. The molecule has 0 spiro atoms. The molecule has 138 valence electrons. The van der Waals surface area contributed by atoms with Gasteiger partial charge in [0.2, 0.25) is 0 Å². The molecule has 0 fully saturated rings. The molecule has 2 aromatic carbocycles. The van der Waals surface area contributed by atoms with Crippen LogP contribution in [-0.4, -0.2) is 18.7 Å². The van der Waals surface area contributed by atoms with Gasteiger partial charge in [0, 0.05) is 15.1 Å². The Labute approximate surface area is 174 Å². The summed E-state index contributed by atoms with van der Waals surface area (Å²) in [6.45, 7) is -0.236. The lowest BCUT2D eigenvalue weighted by Crippen LogP contribution is -2.24. The van der Waals surface area contributed by atoms with Crippen molar-refractivity contribution in [2.24, 2.45) is 5.10 Å². The maximum absolute atomic E-state index is 11.8. The summed E-state index contributed by atoms with van der Waals surface area (Å²) < 4.78 is 12.0. The van der Waals surface area contributed by atoms with E-state index in [0.717, 1.165) is 10.0 Å². The second kappa shape index (κ2) is 9.08. The maximum atomic E-state index is 11.8. The Morgan fingerprint density at radius 2 is 2.04 bits per heavy atom. The van der Waals surface area contributed by atoms with Crippen LogP contribution in [0.4, 0.5) is 0 Å². The van der Waals surface area contributed by atoms with Crippen molar-refractivity contribution in [1.82, 2.24) is 5.43 Å². The molecule has 5 nitrogen and oxygen atoms in total. The zero-order valence-electron chi connectivity index (χ0n) is 13.8. The first-order valence-electron chi connectivity index (χ1n) is 7.77. The van der Waals surface area contributed by atoms with Crippen LogP contribution in [0.2, 0.25) is 10.0 Å². The molecule has 0 atom stereocenters. The van der Waals surface area contributed by atoms with Crippen LogP contribution in [-0.2, 0) is 4.79 Å². The van der Waals surface area contributed by atoms with Crippen molar-refractivity contribution in [3.8, 4) is 17.1 Å². The van der Waals surface area contributed by atoms with Crippen molar-refractivity contribution in [2.45, 2.75) is 0 Å². The molecule has 1 N–H and O–H groups in total. The average Bonchev–Trinajstić information content (AvgIpc) is 3.10. The Bertz CT molecular complexity index is 989. The van der Waals surface area contributed by atoms with Gasteiger partial charge in [0.05, 0.1) is 11.2 Å².